The molecule has 2 aromatic rings. The summed E-state index contributed by atoms with van der Waals surface area (Å²) in [6.07, 6.45) is 0. The molecule has 15 heavy (non-hydrogen) atoms. The maximum absolute atomic E-state index is 4.42. The maximum Gasteiger partial charge on any atom is 0.156 e. The molecule has 0 fully saturated rings. The van der Waals surface area contributed by atoms with Crippen LogP contribution in [0.5, 0.6) is 0 Å². The summed E-state index contributed by atoms with van der Waals surface area (Å²) in [4.78, 5) is 4.42. The zero-order chi connectivity index (χ0) is 10.8. The van der Waals surface area contributed by atoms with Gasteiger partial charge in [-0.1, -0.05) is 6.07 Å². The largest absolute Gasteiger partial charge is 0.373 e. The van der Waals surface area contributed by atoms with Crippen LogP contribution in [0.25, 0.3) is 5.82 Å². The van der Waals surface area contributed by atoms with Crippen LogP contribution in [0.1, 0.15) is 11.4 Å². The Morgan fingerprint density at radius 1 is 1.27 bits per heavy atom. The van der Waals surface area contributed by atoms with E-state index in [2.05, 4.69) is 15.4 Å². The third-order valence-electron chi connectivity index (χ3n) is 2.22. The van der Waals surface area contributed by atoms with E-state index >= 15 is 0 Å². The number of aryl methyl sites for hydroxylation is 2. The van der Waals surface area contributed by atoms with E-state index in [9.17, 15) is 0 Å². The first-order chi connectivity index (χ1) is 7.20. The minimum absolute atomic E-state index is 0.840. The molecule has 4 heteroatoms. The fourth-order valence-corrected chi connectivity index (χ4v) is 1.54. The van der Waals surface area contributed by atoms with Crippen molar-refractivity contribution in [1.29, 1.82) is 0 Å². The van der Waals surface area contributed by atoms with E-state index < -0.39 is 0 Å². The third kappa shape index (κ3) is 1.83. The normalized spacial score (nSPS) is 10.3. The topological polar surface area (TPSA) is 42.7 Å². The molecule has 0 amide bonds. The van der Waals surface area contributed by atoms with Gasteiger partial charge in [0.1, 0.15) is 5.82 Å². The van der Waals surface area contributed by atoms with Crippen molar-refractivity contribution in [2.45, 2.75) is 13.8 Å². The van der Waals surface area contributed by atoms with E-state index in [4.69, 9.17) is 0 Å². The Hall–Kier alpha value is -1.84. The molecule has 0 radical (unpaired) electrons. The molecule has 0 saturated heterocycles. The molecule has 0 atom stereocenters. The van der Waals surface area contributed by atoms with Gasteiger partial charge in [-0.15, -0.1) is 0 Å². The average molecular weight is 202 g/mol. The smallest absolute Gasteiger partial charge is 0.156 e. The molecule has 0 aromatic carbocycles. The highest BCUT2D eigenvalue weighted by Gasteiger charge is 2.04. The van der Waals surface area contributed by atoms with Crippen LogP contribution in [0.2, 0.25) is 0 Å². The molecule has 4 nitrogen and oxygen atoms in total. The number of pyridine rings is 1. The summed E-state index contributed by atoms with van der Waals surface area (Å²) in [7, 11) is 1.85. The average Bonchev–Trinajstić information content (AvgIpc) is 2.58. The van der Waals surface area contributed by atoms with Crippen LogP contribution in [-0.4, -0.2) is 21.8 Å². The number of hydrogen-bond acceptors (Lipinski definition) is 3. The van der Waals surface area contributed by atoms with Crippen LogP contribution in [0.15, 0.2) is 24.3 Å². The minimum atomic E-state index is 0.840. The highest BCUT2D eigenvalue weighted by atomic mass is 15.3. The fraction of sp³-hybridized carbons (Fsp3) is 0.273. The molecule has 0 unspecified atom stereocenters. The number of nitrogens with zero attached hydrogens (tertiary/aromatic N) is 3. The van der Waals surface area contributed by atoms with Gasteiger partial charge in [0.05, 0.1) is 5.69 Å². The molecule has 0 aliphatic rings. The minimum Gasteiger partial charge on any atom is -0.373 e. The Balaban J connectivity index is 2.49. The fourth-order valence-electron chi connectivity index (χ4n) is 1.54. The summed E-state index contributed by atoms with van der Waals surface area (Å²) in [6, 6.07) is 7.87. The Morgan fingerprint density at radius 3 is 2.67 bits per heavy atom. The van der Waals surface area contributed by atoms with E-state index in [1.165, 1.54) is 0 Å². The number of rotatable bonds is 2. The van der Waals surface area contributed by atoms with Crippen molar-refractivity contribution in [3.05, 3.63) is 35.7 Å². The highest BCUT2D eigenvalue weighted by molar-refractivity contribution is 5.39. The lowest BCUT2D eigenvalue weighted by Gasteiger charge is -2.05. The quantitative estimate of drug-likeness (QED) is 0.809. The highest BCUT2D eigenvalue weighted by Crippen LogP contribution is 2.11. The Kier molecular flexibility index (Phi) is 2.41. The van der Waals surface area contributed by atoms with Crippen LogP contribution in [0, 0.1) is 13.8 Å². The van der Waals surface area contributed by atoms with Gasteiger partial charge in [-0.05, 0) is 32.0 Å². The molecule has 78 valence electrons. The standard InChI is InChI=1S/C11H14N4/c1-8-7-9(2)15(14-8)11-6-4-5-10(12-3)13-11/h4-7H,1-3H3,(H,12,13). The van der Waals surface area contributed by atoms with E-state index in [0.29, 0.717) is 0 Å². The lowest BCUT2D eigenvalue weighted by atomic mass is 10.4. The van der Waals surface area contributed by atoms with Crippen molar-refractivity contribution >= 4 is 5.82 Å². The van der Waals surface area contributed by atoms with Crippen LogP contribution in [0.4, 0.5) is 5.82 Å². The number of nitrogens with one attached hydrogen (secondary N) is 1. The summed E-state index contributed by atoms with van der Waals surface area (Å²) in [6.45, 7) is 4.00. The third-order valence-corrected chi connectivity index (χ3v) is 2.22. The molecule has 0 saturated carbocycles. The second-order valence-corrected chi connectivity index (χ2v) is 3.47. The van der Waals surface area contributed by atoms with Crippen molar-refractivity contribution < 1.29 is 0 Å². The van der Waals surface area contributed by atoms with Crippen molar-refractivity contribution in [1.82, 2.24) is 14.8 Å². The van der Waals surface area contributed by atoms with Gasteiger partial charge in [-0.2, -0.15) is 5.10 Å². The molecular weight excluding hydrogens is 188 g/mol. The molecule has 2 aromatic heterocycles. The second-order valence-electron chi connectivity index (χ2n) is 3.47. The van der Waals surface area contributed by atoms with E-state index in [1.807, 2.05) is 49.8 Å². The van der Waals surface area contributed by atoms with E-state index in [1.54, 1.807) is 0 Å². The number of anilines is 1. The van der Waals surface area contributed by atoms with Crippen LogP contribution < -0.4 is 5.32 Å². The lowest BCUT2D eigenvalue weighted by molar-refractivity contribution is 0.807. The molecular formula is C11H14N4. The van der Waals surface area contributed by atoms with Gasteiger partial charge in [-0.3, -0.25) is 0 Å². The van der Waals surface area contributed by atoms with Gasteiger partial charge >= 0.3 is 0 Å². The van der Waals surface area contributed by atoms with Crippen molar-refractivity contribution in [2.24, 2.45) is 0 Å². The second kappa shape index (κ2) is 3.73. The first-order valence-electron chi connectivity index (χ1n) is 4.89. The molecule has 0 aliphatic heterocycles. The first-order valence-corrected chi connectivity index (χ1v) is 4.89. The molecule has 2 heterocycles. The van der Waals surface area contributed by atoms with Crippen LogP contribution in [-0.2, 0) is 0 Å². The molecule has 0 aliphatic carbocycles. The Labute approximate surface area is 89.0 Å². The monoisotopic (exact) mass is 202 g/mol. The summed E-state index contributed by atoms with van der Waals surface area (Å²) in [5, 5.41) is 7.39. The van der Waals surface area contributed by atoms with Gasteiger partial charge in [0.25, 0.3) is 0 Å². The van der Waals surface area contributed by atoms with Crippen LogP contribution in [0.3, 0.4) is 0 Å². The molecule has 0 bridgehead atoms. The zero-order valence-corrected chi connectivity index (χ0v) is 9.15. The van der Waals surface area contributed by atoms with Gasteiger partial charge in [-0.25, -0.2) is 9.67 Å². The predicted octanol–water partition coefficient (Wildman–Crippen LogP) is 1.93. The zero-order valence-electron chi connectivity index (χ0n) is 9.15. The number of aromatic nitrogens is 3. The van der Waals surface area contributed by atoms with Crippen LogP contribution >= 0.6 is 0 Å². The Morgan fingerprint density at radius 2 is 2.07 bits per heavy atom. The Bertz CT molecular complexity index is 473. The summed E-state index contributed by atoms with van der Waals surface area (Å²) in [5.74, 6) is 1.69. The van der Waals surface area contributed by atoms with E-state index in [0.717, 1.165) is 23.0 Å². The first kappa shape index (κ1) is 9.71. The van der Waals surface area contributed by atoms with E-state index in [-0.39, 0.29) is 0 Å². The molecule has 1 N–H and O–H groups in total. The number of hydrogen-bond donors (Lipinski definition) is 1. The van der Waals surface area contributed by atoms with Crippen molar-refractivity contribution in [2.75, 3.05) is 12.4 Å². The summed E-state index contributed by atoms with van der Waals surface area (Å²) in [5.41, 5.74) is 2.09. The van der Waals surface area contributed by atoms with Gasteiger partial charge in [0, 0.05) is 12.7 Å². The SMILES string of the molecule is CNc1cccc(-n2nc(C)cc2C)n1. The van der Waals surface area contributed by atoms with Crippen molar-refractivity contribution in [3.8, 4) is 5.82 Å². The van der Waals surface area contributed by atoms with Gasteiger partial charge in [0.15, 0.2) is 5.82 Å². The molecule has 0 spiro atoms. The molecule has 2 rings (SSSR count). The van der Waals surface area contributed by atoms with Crippen molar-refractivity contribution in [3.63, 3.8) is 0 Å². The summed E-state index contributed by atoms with van der Waals surface area (Å²) < 4.78 is 1.84. The predicted molar refractivity (Wildman–Crippen MR) is 60.4 cm³/mol. The maximum atomic E-state index is 4.42. The van der Waals surface area contributed by atoms with Gasteiger partial charge in [0.2, 0.25) is 0 Å². The van der Waals surface area contributed by atoms with Gasteiger partial charge < -0.3 is 5.32 Å². The summed E-state index contributed by atoms with van der Waals surface area (Å²) >= 11 is 0. The lowest BCUT2D eigenvalue weighted by Crippen LogP contribution is -2.03.